The zero-order valence-electron chi connectivity index (χ0n) is 16.8. The van der Waals surface area contributed by atoms with Crippen LogP contribution in [-0.2, 0) is 6.54 Å². The number of hydrogen-bond acceptors (Lipinski definition) is 5. The molecule has 0 saturated heterocycles. The van der Waals surface area contributed by atoms with Crippen molar-refractivity contribution in [1.29, 1.82) is 0 Å². The van der Waals surface area contributed by atoms with E-state index in [1.54, 1.807) is 10.9 Å². The van der Waals surface area contributed by atoms with Crippen LogP contribution in [0.3, 0.4) is 0 Å². The van der Waals surface area contributed by atoms with Gasteiger partial charge in [0.25, 0.3) is 0 Å². The Morgan fingerprint density at radius 3 is 2.77 bits per heavy atom. The molecule has 2 aromatic heterocycles. The van der Waals surface area contributed by atoms with Crippen LogP contribution in [0.5, 0.6) is 0 Å². The highest BCUT2D eigenvalue weighted by molar-refractivity contribution is 6.15. The van der Waals surface area contributed by atoms with Crippen LogP contribution in [-0.4, -0.2) is 20.5 Å². The predicted octanol–water partition coefficient (Wildman–Crippen LogP) is 4.78. The lowest BCUT2D eigenvalue weighted by molar-refractivity contribution is 0.103. The Balaban J connectivity index is 1.59. The summed E-state index contributed by atoms with van der Waals surface area (Å²) in [5.74, 6) is 0.727. The topological polar surface area (TPSA) is 71.8 Å². The number of aryl methyl sites for hydroxylation is 2. The minimum absolute atomic E-state index is 0.0382. The predicted molar refractivity (Wildman–Crippen MR) is 118 cm³/mol. The van der Waals surface area contributed by atoms with E-state index in [4.69, 9.17) is 0 Å². The maximum absolute atomic E-state index is 13.6. The van der Waals surface area contributed by atoms with E-state index in [9.17, 15) is 4.79 Å². The Hall–Kier alpha value is -3.93. The number of fused-ring (bicyclic) bond motifs is 2. The van der Waals surface area contributed by atoms with Crippen molar-refractivity contribution in [1.82, 2.24) is 14.8 Å². The van der Waals surface area contributed by atoms with Gasteiger partial charge in [0, 0.05) is 35.6 Å². The van der Waals surface area contributed by atoms with Crippen LogP contribution in [0.1, 0.15) is 32.7 Å². The molecule has 0 fully saturated rings. The van der Waals surface area contributed by atoms with Gasteiger partial charge < -0.3 is 10.6 Å². The molecule has 0 spiro atoms. The molecule has 1 aliphatic heterocycles. The van der Waals surface area contributed by atoms with Crippen LogP contribution >= 0.6 is 0 Å². The lowest BCUT2D eigenvalue weighted by Gasteiger charge is -2.15. The number of carbonyl (C=O) groups is 1. The number of carbonyl (C=O) groups excluding carboxylic acids is 1. The summed E-state index contributed by atoms with van der Waals surface area (Å²) in [6, 6.07) is 17.5. The van der Waals surface area contributed by atoms with Crippen molar-refractivity contribution in [2.24, 2.45) is 0 Å². The van der Waals surface area contributed by atoms with Crippen molar-refractivity contribution in [3.05, 3.63) is 94.9 Å². The van der Waals surface area contributed by atoms with Crippen LogP contribution in [0.25, 0.3) is 5.69 Å². The first-order chi connectivity index (χ1) is 14.6. The fourth-order valence-corrected chi connectivity index (χ4v) is 3.73. The Morgan fingerprint density at radius 2 is 1.93 bits per heavy atom. The number of rotatable bonds is 3. The molecule has 0 bridgehead atoms. The van der Waals surface area contributed by atoms with Crippen LogP contribution < -0.4 is 10.6 Å². The molecular weight excluding hydrogens is 374 g/mol. The van der Waals surface area contributed by atoms with Gasteiger partial charge in [-0.05, 0) is 55.8 Å². The third-order valence-corrected chi connectivity index (χ3v) is 5.37. The Bertz CT molecular complexity index is 1270. The molecular formula is C24H21N5O. The molecule has 4 aromatic rings. The highest BCUT2D eigenvalue weighted by Gasteiger charge is 2.22. The summed E-state index contributed by atoms with van der Waals surface area (Å²) < 4.78 is 1.79. The third-order valence-electron chi connectivity index (χ3n) is 5.37. The molecule has 0 saturated carbocycles. The molecule has 0 radical (unpaired) electrons. The Kier molecular flexibility index (Phi) is 4.32. The van der Waals surface area contributed by atoms with Crippen molar-refractivity contribution >= 4 is 23.0 Å². The minimum Gasteiger partial charge on any atom is -0.379 e. The normalized spacial score (nSPS) is 12.2. The molecule has 0 unspecified atom stereocenters. The lowest BCUT2D eigenvalue weighted by Crippen LogP contribution is -2.09. The van der Waals surface area contributed by atoms with Crippen LogP contribution in [0.4, 0.5) is 17.2 Å². The molecule has 0 amide bonds. The number of nitrogens with one attached hydrogen (secondary N) is 2. The molecule has 0 aliphatic carbocycles. The number of benzene rings is 2. The first kappa shape index (κ1) is 18.1. The third kappa shape index (κ3) is 3.12. The number of pyridine rings is 1. The van der Waals surface area contributed by atoms with Gasteiger partial charge in [0.05, 0.1) is 22.8 Å². The van der Waals surface area contributed by atoms with Crippen LogP contribution in [0.15, 0.2) is 67.0 Å². The van der Waals surface area contributed by atoms with E-state index >= 15 is 0 Å². The fourth-order valence-electron chi connectivity index (χ4n) is 3.73. The van der Waals surface area contributed by atoms with Gasteiger partial charge in [0.15, 0.2) is 5.78 Å². The summed E-state index contributed by atoms with van der Waals surface area (Å²) in [5, 5.41) is 11.3. The summed E-state index contributed by atoms with van der Waals surface area (Å²) in [6.45, 7) is 4.55. The monoisotopic (exact) mass is 395 g/mol. The van der Waals surface area contributed by atoms with E-state index in [1.807, 2.05) is 74.6 Å². The highest BCUT2D eigenvalue weighted by atomic mass is 16.1. The van der Waals surface area contributed by atoms with E-state index < -0.39 is 0 Å². The second-order valence-electron chi connectivity index (χ2n) is 7.45. The first-order valence-electron chi connectivity index (χ1n) is 9.86. The van der Waals surface area contributed by atoms with E-state index in [1.165, 1.54) is 0 Å². The lowest BCUT2D eigenvalue weighted by atomic mass is 9.96. The fraction of sp³-hybridized carbons (Fsp3) is 0.125. The van der Waals surface area contributed by atoms with Crippen molar-refractivity contribution < 1.29 is 4.79 Å². The Morgan fingerprint density at radius 1 is 1.03 bits per heavy atom. The summed E-state index contributed by atoms with van der Waals surface area (Å²) in [4.78, 5) is 18.1. The second kappa shape index (κ2) is 7.15. The number of ketones is 1. The summed E-state index contributed by atoms with van der Waals surface area (Å²) in [6.07, 6.45) is 3.65. The molecule has 148 valence electrons. The number of hydrogen-bond donors (Lipinski definition) is 2. The standard InChI is InChI=1S/C24H21N5O/c1-15-8-9-18(29-12-10-16(2)28-29)13-20(15)23(30)19-6-3-7-21-22(19)27-24-17(14-26-21)5-4-11-25-24/h3-13,26H,14H2,1-2H3,(H,25,27). The minimum atomic E-state index is -0.0382. The van der Waals surface area contributed by atoms with E-state index in [-0.39, 0.29) is 5.78 Å². The second-order valence-corrected chi connectivity index (χ2v) is 7.45. The van der Waals surface area contributed by atoms with E-state index in [0.717, 1.165) is 39.7 Å². The van der Waals surface area contributed by atoms with Gasteiger partial charge in [-0.25, -0.2) is 9.67 Å². The maximum Gasteiger partial charge on any atom is 0.195 e. The van der Waals surface area contributed by atoms with E-state index in [0.29, 0.717) is 17.7 Å². The van der Waals surface area contributed by atoms with Crippen molar-refractivity contribution in [3.63, 3.8) is 0 Å². The quantitative estimate of drug-likeness (QED) is 0.488. The highest BCUT2D eigenvalue weighted by Crippen LogP contribution is 2.35. The van der Waals surface area contributed by atoms with E-state index in [2.05, 4.69) is 20.7 Å². The van der Waals surface area contributed by atoms with Crippen LogP contribution in [0.2, 0.25) is 0 Å². The molecule has 2 aromatic carbocycles. The molecule has 5 rings (SSSR count). The zero-order chi connectivity index (χ0) is 20.7. The smallest absolute Gasteiger partial charge is 0.195 e. The van der Waals surface area contributed by atoms with Crippen LogP contribution in [0, 0.1) is 13.8 Å². The molecule has 1 aliphatic rings. The largest absolute Gasteiger partial charge is 0.379 e. The number of nitrogens with zero attached hydrogens (tertiary/aromatic N) is 3. The summed E-state index contributed by atoms with van der Waals surface area (Å²) >= 11 is 0. The molecule has 2 N–H and O–H groups in total. The summed E-state index contributed by atoms with van der Waals surface area (Å²) in [5.41, 5.74) is 6.66. The van der Waals surface area contributed by atoms with Crippen molar-refractivity contribution in [2.75, 3.05) is 10.6 Å². The maximum atomic E-state index is 13.6. The molecule has 6 nitrogen and oxygen atoms in total. The average Bonchev–Trinajstić information content (AvgIpc) is 3.10. The van der Waals surface area contributed by atoms with Gasteiger partial charge in [-0.3, -0.25) is 4.79 Å². The van der Waals surface area contributed by atoms with Gasteiger partial charge in [0.2, 0.25) is 0 Å². The van der Waals surface area contributed by atoms with Gasteiger partial charge >= 0.3 is 0 Å². The Labute approximate surface area is 174 Å². The first-order valence-corrected chi connectivity index (χ1v) is 9.86. The molecule has 0 atom stereocenters. The SMILES string of the molecule is Cc1ccn(-c2ccc(C)c(C(=O)c3cccc4c3Nc3ncccc3CN4)c2)n1. The number of aromatic nitrogens is 3. The average molecular weight is 395 g/mol. The van der Waals surface area contributed by atoms with Crippen molar-refractivity contribution in [2.45, 2.75) is 20.4 Å². The molecule has 30 heavy (non-hydrogen) atoms. The van der Waals surface area contributed by atoms with Gasteiger partial charge in [0.1, 0.15) is 5.82 Å². The number of anilines is 3. The van der Waals surface area contributed by atoms with Crippen molar-refractivity contribution in [3.8, 4) is 5.69 Å². The van der Waals surface area contributed by atoms with Gasteiger partial charge in [-0.1, -0.05) is 18.2 Å². The summed E-state index contributed by atoms with van der Waals surface area (Å²) in [7, 11) is 0. The number of para-hydroxylation sites is 1. The molecule has 6 heteroatoms. The van der Waals surface area contributed by atoms with Gasteiger partial charge in [-0.15, -0.1) is 0 Å². The molecule has 3 heterocycles. The zero-order valence-corrected chi connectivity index (χ0v) is 16.8. The van der Waals surface area contributed by atoms with Gasteiger partial charge in [-0.2, -0.15) is 5.10 Å².